The van der Waals surface area contributed by atoms with Gasteiger partial charge in [0.05, 0.1) is 12.2 Å². The van der Waals surface area contributed by atoms with Crippen LogP contribution in [0.25, 0.3) is 0 Å². The number of hydrogen-bond donors (Lipinski definition) is 0. The number of carbonyl (C=O) groups excluding carboxylic acids is 1. The Bertz CT molecular complexity index is 799. The standard InChI is InChI=1S/C24H28N2O/c27-24(22-14-13-20-10-4-5-11-21(20)16-22)26(17-19-8-2-1-3-9-19)18-23-12-6-7-15-25-23/h1-2,4-7,10-12,15,19,22H,3,8-9,13-14,16-18H2/t19-,22-/m0/s1. The largest absolute Gasteiger partial charge is 0.336 e. The van der Waals surface area contributed by atoms with Crippen molar-refractivity contribution in [2.24, 2.45) is 11.8 Å². The van der Waals surface area contributed by atoms with Crippen LogP contribution in [0.1, 0.15) is 42.5 Å². The van der Waals surface area contributed by atoms with Crippen LogP contribution in [-0.2, 0) is 24.2 Å². The van der Waals surface area contributed by atoms with E-state index in [2.05, 4.69) is 46.3 Å². The summed E-state index contributed by atoms with van der Waals surface area (Å²) in [5, 5.41) is 0. The molecule has 0 saturated carbocycles. The van der Waals surface area contributed by atoms with E-state index in [-0.39, 0.29) is 5.92 Å². The molecule has 0 fully saturated rings. The number of allylic oxidation sites excluding steroid dienone is 2. The second-order valence-electron chi connectivity index (χ2n) is 7.90. The normalized spacial score (nSPS) is 21.5. The molecule has 1 aromatic heterocycles. The van der Waals surface area contributed by atoms with E-state index in [4.69, 9.17) is 0 Å². The Morgan fingerprint density at radius 2 is 1.89 bits per heavy atom. The van der Waals surface area contributed by atoms with Gasteiger partial charge in [-0.3, -0.25) is 9.78 Å². The summed E-state index contributed by atoms with van der Waals surface area (Å²) < 4.78 is 0. The Balaban J connectivity index is 1.50. The molecule has 2 aromatic rings. The zero-order valence-electron chi connectivity index (χ0n) is 15.9. The highest BCUT2D eigenvalue weighted by Gasteiger charge is 2.29. The number of rotatable bonds is 5. The van der Waals surface area contributed by atoms with Crippen LogP contribution in [0.2, 0.25) is 0 Å². The lowest BCUT2D eigenvalue weighted by Crippen LogP contribution is -2.41. The smallest absolute Gasteiger partial charge is 0.226 e. The third-order valence-electron chi connectivity index (χ3n) is 5.94. The lowest BCUT2D eigenvalue weighted by molar-refractivity contribution is -0.137. The molecule has 2 atom stereocenters. The number of amides is 1. The number of hydrogen-bond acceptors (Lipinski definition) is 2. The van der Waals surface area contributed by atoms with Crippen molar-refractivity contribution in [3.8, 4) is 0 Å². The first-order chi connectivity index (χ1) is 13.3. The Morgan fingerprint density at radius 3 is 2.67 bits per heavy atom. The van der Waals surface area contributed by atoms with E-state index in [1.54, 1.807) is 0 Å². The predicted molar refractivity (Wildman–Crippen MR) is 108 cm³/mol. The summed E-state index contributed by atoms with van der Waals surface area (Å²) in [7, 11) is 0. The number of carbonyl (C=O) groups is 1. The van der Waals surface area contributed by atoms with E-state index < -0.39 is 0 Å². The molecule has 0 spiro atoms. The Kier molecular flexibility index (Phi) is 5.66. The van der Waals surface area contributed by atoms with E-state index in [1.807, 2.05) is 24.4 Å². The molecule has 1 amide bonds. The molecule has 0 unspecified atom stereocenters. The molecule has 2 aliphatic carbocycles. The van der Waals surface area contributed by atoms with Crippen molar-refractivity contribution >= 4 is 5.91 Å². The predicted octanol–water partition coefficient (Wildman–Crippen LogP) is 4.57. The zero-order chi connectivity index (χ0) is 18.5. The summed E-state index contributed by atoms with van der Waals surface area (Å²) in [6.45, 7) is 1.47. The molecule has 0 radical (unpaired) electrons. The fourth-order valence-corrected chi connectivity index (χ4v) is 4.42. The first-order valence-electron chi connectivity index (χ1n) is 10.2. The maximum Gasteiger partial charge on any atom is 0.226 e. The Labute approximate surface area is 162 Å². The minimum Gasteiger partial charge on any atom is -0.336 e. The van der Waals surface area contributed by atoms with Gasteiger partial charge in [0.2, 0.25) is 5.91 Å². The van der Waals surface area contributed by atoms with Gasteiger partial charge in [-0.15, -0.1) is 0 Å². The molecule has 4 rings (SSSR count). The molecule has 1 aromatic carbocycles. The van der Waals surface area contributed by atoms with Gasteiger partial charge in [0.25, 0.3) is 0 Å². The average Bonchev–Trinajstić information content (AvgIpc) is 2.74. The van der Waals surface area contributed by atoms with Crippen LogP contribution in [-0.4, -0.2) is 22.3 Å². The molecule has 140 valence electrons. The van der Waals surface area contributed by atoms with Gasteiger partial charge in [-0.25, -0.2) is 0 Å². The number of aryl methyl sites for hydroxylation is 1. The minimum absolute atomic E-state index is 0.0998. The maximum absolute atomic E-state index is 13.5. The molecular formula is C24H28N2O. The van der Waals surface area contributed by atoms with E-state index in [0.717, 1.165) is 44.3 Å². The highest BCUT2D eigenvalue weighted by molar-refractivity contribution is 5.79. The van der Waals surface area contributed by atoms with Crippen LogP contribution in [0.15, 0.2) is 60.8 Å². The molecule has 0 saturated heterocycles. The van der Waals surface area contributed by atoms with Gasteiger partial charge in [-0.1, -0.05) is 42.5 Å². The summed E-state index contributed by atoms with van der Waals surface area (Å²) in [4.78, 5) is 20.0. The highest BCUT2D eigenvalue weighted by Crippen LogP contribution is 2.28. The molecule has 3 nitrogen and oxygen atoms in total. The molecule has 0 bridgehead atoms. The molecular weight excluding hydrogens is 332 g/mol. The second-order valence-corrected chi connectivity index (χ2v) is 7.90. The highest BCUT2D eigenvalue weighted by atomic mass is 16.2. The van der Waals surface area contributed by atoms with E-state index >= 15 is 0 Å². The first kappa shape index (κ1) is 18.0. The Morgan fingerprint density at radius 1 is 1.04 bits per heavy atom. The average molecular weight is 361 g/mol. The second kappa shape index (κ2) is 8.51. The van der Waals surface area contributed by atoms with E-state index in [9.17, 15) is 4.79 Å². The van der Waals surface area contributed by atoms with Gasteiger partial charge >= 0.3 is 0 Å². The Hall–Kier alpha value is -2.42. The number of fused-ring (bicyclic) bond motifs is 1. The van der Waals surface area contributed by atoms with Crippen LogP contribution < -0.4 is 0 Å². The van der Waals surface area contributed by atoms with Gasteiger partial charge < -0.3 is 4.90 Å². The molecule has 0 N–H and O–H groups in total. The van der Waals surface area contributed by atoms with Crippen molar-refractivity contribution in [2.45, 2.75) is 45.1 Å². The zero-order valence-corrected chi connectivity index (χ0v) is 15.9. The van der Waals surface area contributed by atoms with Gasteiger partial charge in [-0.05, 0) is 67.7 Å². The van der Waals surface area contributed by atoms with Crippen molar-refractivity contribution in [3.63, 3.8) is 0 Å². The van der Waals surface area contributed by atoms with Gasteiger partial charge in [0.15, 0.2) is 0 Å². The molecule has 3 heteroatoms. The quantitative estimate of drug-likeness (QED) is 0.732. The van der Waals surface area contributed by atoms with E-state index in [0.29, 0.717) is 18.4 Å². The van der Waals surface area contributed by atoms with Crippen molar-refractivity contribution in [3.05, 3.63) is 77.6 Å². The van der Waals surface area contributed by atoms with Crippen molar-refractivity contribution in [2.75, 3.05) is 6.54 Å². The van der Waals surface area contributed by atoms with Gasteiger partial charge in [0.1, 0.15) is 0 Å². The lowest BCUT2D eigenvalue weighted by Gasteiger charge is -2.33. The molecule has 0 aliphatic heterocycles. The van der Waals surface area contributed by atoms with Crippen LogP contribution >= 0.6 is 0 Å². The van der Waals surface area contributed by atoms with Crippen molar-refractivity contribution in [1.29, 1.82) is 0 Å². The summed E-state index contributed by atoms with van der Waals surface area (Å²) in [5.74, 6) is 0.978. The molecule has 27 heavy (non-hydrogen) atoms. The SMILES string of the molecule is O=C([C@H]1CCc2ccccc2C1)N(Cc1ccccn1)C[C@H]1CC=CCC1. The number of aromatic nitrogens is 1. The van der Waals surface area contributed by atoms with Gasteiger partial charge in [-0.2, -0.15) is 0 Å². The lowest BCUT2D eigenvalue weighted by atomic mass is 9.83. The summed E-state index contributed by atoms with van der Waals surface area (Å²) in [6, 6.07) is 14.5. The van der Waals surface area contributed by atoms with Crippen LogP contribution in [0.4, 0.5) is 0 Å². The maximum atomic E-state index is 13.5. The summed E-state index contributed by atoms with van der Waals surface area (Å²) in [5.41, 5.74) is 3.74. The number of pyridine rings is 1. The van der Waals surface area contributed by atoms with E-state index in [1.165, 1.54) is 17.5 Å². The van der Waals surface area contributed by atoms with Crippen LogP contribution in [0.5, 0.6) is 0 Å². The van der Waals surface area contributed by atoms with Gasteiger partial charge in [0, 0.05) is 18.7 Å². The van der Waals surface area contributed by atoms with Crippen LogP contribution in [0.3, 0.4) is 0 Å². The van der Waals surface area contributed by atoms with Crippen molar-refractivity contribution in [1.82, 2.24) is 9.88 Å². The fourth-order valence-electron chi connectivity index (χ4n) is 4.42. The monoisotopic (exact) mass is 360 g/mol. The van der Waals surface area contributed by atoms with Crippen LogP contribution in [0, 0.1) is 11.8 Å². The summed E-state index contributed by atoms with van der Waals surface area (Å²) >= 11 is 0. The van der Waals surface area contributed by atoms with Crippen molar-refractivity contribution < 1.29 is 4.79 Å². The topological polar surface area (TPSA) is 33.2 Å². The number of benzene rings is 1. The number of nitrogens with zero attached hydrogens (tertiary/aromatic N) is 2. The molecule has 1 heterocycles. The summed E-state index contributed by atoms with van der Waals surface area (Å²) in [6.07, 6.45) is 12.6. The fraction of sp³-hybridized carbons (Fsp3) is 0.417. The third-order valence-corrected chi connectivity index (χ3v) is 5.94. The third kappa shape index (κ3) is 4.47. The minimum atomic E-state index is 0.0998. The molecule has 2 aliphatic rings. The first-order valence-corrected chi connectivity index (χ1v) is 10.2.